The van der Waals surface area contributed by atoms with Gasteiger partial charge in [0, 0.05) is 35.3 Å². The summed E-state index contributed by atoms with van der Waals surface area (Å²) in [6, 6.07) is 13.5. The maximum atomic E-state index is 5.92. The maximum absolute atomic E-state index is 5.92. The van der Waals surface area contributed by atoms with Gasteiger partial charge in [-0.3, -0.25) is 0 Å². The molecule has 0 heterocycles. The molecule has 0 spiro atoms. The Hall–Kier alpha value is -2.36. The van der Waals surface area contributed by atoms with E-state index in [1.54, 1.807) is 0 Å². The van der Waals surface area contributed by atoms with Crippen LogP contribution in [0.2, 0.25) is 0 Å². The van der Waals surface area contributed by atoms with Crippen molar-refractivity contribution in [3.8, 4) is 11.5 Å². The summed E-state index contributed by atoms with van der Waals surface area (Å²) in [6.45, 7) is 5.37. The summed E-state index contributed by atoms with van der Waals surface area (Å²) >= 11 is 0. The Labute approximate surface area is 125 Å². The van der Waals surface area contributed by atoms with Gasteiger partial charge in [-0.1, -0.05) is 13.0 Å². The second kappa shape index (κ2) is 7.43. The predicted octanol–water partition coefficient (Wildman–Crippen LogP) is 4.20. The normalized spacial score (nSPS) is 10.2. The van der Waals surface area contributed by atoms with Crippen LogP contribution in [-0.2, 0) is 0 Å². The molecule has 4 heteroatoms. The Bertz CT molecular complexity index is 585. The molecule has 0 aliphatic heterocycles. The lowest BCUT2D eigenvalue weighted by molar-refractivity contribution is 0.318. The average Bonchev–Trinajstić information content (AvgIpc) is 2.45. The summed E-state index contributed by atoms with van der Waals surface area (Å²) in [7, 11) is 0. The molecular formula is C17H22N2O2. The van der Waals surface area contributed by atoms with Crippen molar-refractivity contribution in [2.45, 2.75) is 20.3 Å². The number of nitrogens with two attached hydrogens (primary N) is 1. The van der Waals surface area contributed by atoms with Gasteiger partial charge in [0.05, 0.1) is 13.2 Å². The van der Waals surface area contributed by atoms with E-state index >= 15 is 0 Å². The van der Waals surface area contributed by atoms with Crippen LogP contribution in [0.5, 0.6) is 11.5 Å². The summed E-state index contributed by atoms with van der Waals surface area (Å²) in [5.74, 6) is 1.62. The average molecular weight is 286 g/mol. The first-order valence-electron chi connectivity index (χ1n) is 7.24. The Balaban J connectivity index is 2.14. The van der Waals surface area contributed by atoms with Gasteiger partial charge in [0.25, 0.3) is 0 Å². The molecule has 0 radical (unpaired) electrons. The lowest BCUT2D eigenvalue weighted by atomic mass is 10.2. The van der Waals surface area contributed by atoms with E-state index in [4.69, 9.17) is 15.2 Å². The second-order valence-corrected chi connectivity index (χ2v) is 4.73. The maximum Gasteiger partial charge on any atom is 0.123 e. The molecular weight excluding hydrogens is 264 g/mol. The highest BCUT2D eigenvalue weighted by Gasteiger charge is 2.02. The molecule has 0 bridgehead atoms. The van der Waals surface area contributed by atoms with Crippen molar-refractivity contribution in [1.29, 1.82) is 0 Å². The van der Waals surface area contributed by atoms with Gasteiger partial charge in [-0.2, -0.15) is 0 Å². The fourth-order valence-electron chi connectivity index (χ4n) is 1.99. The molecule has 0 fully saturated rings. The minimum absolute atomic E-state index is 0.650. The van der Waals surface area contributed by atoms with Crippen molar-refractivity contribution in [2.75, 3.05) is 24.3 Å². The van der Waals surface area contributed by atoms with E-state index < -0.39 is 0 Å². The van der Waals surface area contributed by atoms with E-state index in [1.165, 1.54) is 0 Å². The number of rotatable bonds is 7. The SMILES string of the molecule is CCCOc1cc(N)cc(Nc2cccc(OCC)c2)c1. The van der Waals surface area contributed by atoms with Gasteiger partial charge in [-0.25, -0.2) is 0 Å². The number of nitrogen functional groups attached to an aromatic ring is 1. The molecule has 0 aliphatic carbocycles. The van der Waals surface area contributed by atoms with Crippen LogP contribution in [0.1, 0.15) is 20.3 Å². The Morgan fingerprint density at radius 1 is 0.952 bits per heavy atom. The molecule has 4 nitrogen and oxygen atoms in total. The molecule has 21 heavy (non-hydrogen) atoms. The van der Waals surface area contributed by atoms with E-state index in [1.807, 2.05) is 49.4 Å². The zero-order valence-electron chi connectivity index (χ0n) is 12.6. The van der Waals surface area contributed by atoms with Crippen LogP contribution in [0.4, 0.5) is 17.1 Å². The van der Waals surface area contributed by atoms with Gasteiger partial charge >= 0.3 is 0 Å². The minimum Gasteiger partial charge on any atom is -0.494 e. The molecule has 0 unspecified atom stereocenters. The number of ether oxygens (including phenoxy) is 2. The third-order valence-corrected chi connectivity index (χ3v) is 2.84. The molecule has 0 saturated heterocycles. The van der Waals surface area contributed by atoms with E-state index in [0.29, 0.717) is 18.9 Å². The molecule has 0 saturated carbocycles. The first-order chi connectivity index (χ1) is 10.2. The van der Waals surface area contributed by atoms with E-state index in [9.17, 15) is 0 Å². The molecule has 0 aliphatic rings. The summed E-state index contributed by atoms with van der Waals surface area (Å²) in [5, 5.41) is 3.32. The lowest BCUT2D eigenvalue weighted by Gasteiger charge is -2.12. The van der Waals surface area contributed by atoms with Crippen molar-refractivity contribution in [1.82, 2.24) is 0 Å². The van der Waals surface area contributed by atoms with Crippen LogP contribution >= 0.6 is 0 Å². The fraction of sp³-hybridized carbons (Fsp3) is 0.294. The topological polar surface area (TPSA) is 56.5 Å². The molecule has 0 atom stereocenters. The number of anilines is 3. The highest BCUT2D eigenvalue weighted by Crippen LogP contribution is 2.27. The Morgan fingerprint density at radius 3 is 2.52 bits per heavy atom. The van der Waals surface area contributed by atoms with Gasteiger partial charge in [-0.15, -0.1) is 0 Å². The fourth-order valence-corrected chi connectivity index (χ4v) is 1.99. The Morgan fingerprint density at radius 2 is 1.76 bits per heavy atom. The standard InChI is InChI=1S/C17H22N2O2/c1-3-8-21-17-10-13(18)9-15(12-17)19-14-6-5-7-16(11-14)20-4-2/h5-7,9-12,19H,3-4,8,18H2,1-2H3. The van der Waals surface area contributed by atoms with E-state index in [-0.39, 0.29) is 0 Å². The van der Waals surface area contributed by atoms with Gasteiger partial charge in [0.2, 0.25) is 0 Å². The third-order valence-electron chi connectivity index (χ3n) is 2.84. The first kappa shape index (κ1) is 15.0. The second-order valence-electron chi connectivity index (χ2n) is 4.73. The molecule has 112 valence electrons. The predicted molar refractivity (Wildman–Crippen MR) is 87.5 cm³/mol. The highest BCUT2D eigenvalue weighted by molar-refractivity contribution is 5.67. The van der Waals surface area contributed by atoms with Crippen molar-refractivity contribution < 1.29 is 9.47 Å². The van der Waals surface area contributed by atoms with Crippen LogP contribution in [0.15, 0.2) is 42.5 Å². The van der Waals surface area contributed by atoms with Crippen LogP contribution in [0.25, 0.3) is 0 Å². The van der Waals surface area contributed by atoms with Crippen LogP contribution in [0, 0.1) is 0 Å². The summed E-state index contributed by atoms with van der Waals surface area (Å²) in [6.07, 6.45) is 0.966. The molecule has 2 aromatic rings. The van der Waals surface area contributed by atoms with Crippen LogP contribution in [-0.4, -0.2) is 13.2 Å². The molecule has 2 rings (SSSR count). The van der Waals surface area contributed by atoms with Gasteiger partial charge in [0.1, 0.15) is 11.5 Å². The van der Waals surface area contributed by atoms with Gasteiger partial charge in [-0.05, 0) is 31.5 Å². The number of benzene rings is 2. The summed E-state index contributed by atoms with van der Waals surface area (Å²) < 4.78 is 11.1. The van der Waals surface area contributed by atoms with Crippen molar-refractivity contribution in [3.63, 3.8) is 0 Å². The minimum atomic E-state index is 0.650. The molecule has 0 aromatic heterocycles. The Kier molecular flexibility index (Phi) is 5.32. The van der Waals surface area contributed by atoms with Crippen LogP contribution in [0.3, 0.4) is 0 Å². The summed E-state index contributed by atoms with van der Waals surface area (Å²) in [5.41, 5.74) is 8.44. The molecule has 0 amide bonds. The molecule has 2 aromatic carbocycles. The first-order valence-corrected chi connectivity index (χ1v) is 7.24. The number of hydrogen-bond acceptors (Lipinski definition) is 4. The van der Waals surface area contributed by atoms with Gasteiger partial charge < -0.3 is 20.5 Å². The van der Waals surface area contributed by atoms with Crippen molar-refractivity contribution >= 4 is 17.1 Å². The highest BCUT2D eigenvalue weighted by atomic mass is 16.5. The molecule has 3 N–H and O–H groups in total. The van der Waals surface area contributed by atoms with Gasteiger partial charge in [0.15, 0.2) is 0 Å². The summed E-state index contributed by atoms with van der Waals surface area (Å²) in [4.78, 5) is 0. The zero-order valence-corrected chi connectivity index (χ0v) is 12.6. The smallest absolute Gasteiger partial charge is 0.123 e. The van der Waals surface area contributed by atoms with Crippen LogP contribution < -0.4 is 20.5 Å². The zero-order chi connectivity index (χ0) is 15.1. The monoisotopic (exact) mass is 286 g/mol. The number of nitrogens with one attached hydrogen (secondary N) is 1. The van der Waals surface area contributed by atoms with E-state index in [0.717, 1.165) is 29.3 Å². The number of hydrogen-bond donors (Lipinski definition) is 2. The largest absolute Gasteiger partial charge is 0.494 e. The van der Waals surface area contributed by atoms with Crippen molar-refractivity contribution in [2.24, 2.45) is 0 Å². The van der Waals surface area contributed by atoms with E-state index in [2.05, 4.69) is 12.2 Å². The van der Waals surface area contributed by atoms with Crippen molar-refractivity contribution in [3.05, 3.63) is 42.5 Å². The lowest BCUT2D eigenvalue weighted by Crippen LogP contribution is -1.99. The third kappa shape index (κ3) is 4.60. The quantitative estimate of drug-likeness (QED) is 0.749.